The third-order valence-corrected chi connectivity index (χ3v) is 3.60. The molecule has 0 saturated carbocycles. The van der Waals surface area contributed by atoms with Gasteiger partial charge in [0.2, 0.25) is 0 Å². The Hall–Kier alpha value is -3.16. The van der Waals surface area contributed by atoms with Crippen LogP contribution in [0.3, 0.4) is 0 Å². The van der Waals surface area contributed by atoms with E-state index in [0.717, 1.165) is 0 Å². The average Bonchev–Trinajstić information content (AvgIpc) is 2.90. The molecule has 0 atom stereocenters. The van der Waals surface area contributed by atoms with E-state index in [1.54, 1.807) is 29.7 Å². The van der Waals surface area contributed by atoms with Gasteiger partial charge in [-0.3, -0.25) is 4.40 Å². The first-order chi connectivity index (χ1) is 11.5. The van der Waals surface area contributed by atoms with E-state index >= 15 is 0 Å². The molecule has 6 nitrogen and oxygen atoms in total. The topological polar surface area (TPSA) is 90.9 Å². The van der Waals surface area contributed by atoms with E-state index < -0.39 is 11.6 Å². The standard InChI is InChI=1S/C16H15F2N5O/c1-9-14(15(19)22-20)23-7-3-6-13(16(23)21-9)24-8-10-11(17)4-2-5-12(10)18/h2-7H,8,20H2,1H3,(H2,19,22). The number of pyridine rings is 1. The summed E-state index contributed by atoms with van der Waals surface area (Å²) in [5.41, 5.74) is 7.23. The third-order valence-electron chi connectivity index (χ3n) is 3.60. The zero-order valence-electron chi connectivity index (χ0n) is 12.8. The van der Waals surface area contributed by atoms with Gasteiger partial charge in [0, 0.05) is 6.20 Å². The summed E-state index contributed by atoms with van der Waals surface area (Å²) in [5.74, 6) is 4.39. The van der Waals surface area contributed by atoms with Crippen molar-refractivity contribution < 1.29 is 13.5 Å². The second kappa shape index (κ2) is 6.15. The molecule has 2 heterocycles. The van der Waals surface area contributed by atoms with E-state index in [9.17, 15) is 8.78 Å². The third kappa shape index (κ3) is 2.62. The predicted octanol–water partition coefficient (Wildman–Crippen LogP) is 2.08. The van der Waals surface area contributed by atoms with Crippen molar-refractivity contribution in [3.05, 3.63) is 65.1 Å². The minimum Gasteiger partial charge on any atom is -0.485 e. The van der Waals surface area contributed by atoms with Crippen LogP contribution in [-0.4, -0.2) is 15.2 Å². The molecule has 0 aliphatic carbocycles. The van der Waals surface area contributed by atoms with Crippen molar-refractivity contribution >= 4 is 11.5 Å². The van der Waals surface area contributed by atoms with Crippen molar-refractivity contribution in [3.63, 3.8) is 0 Å². The highest BCUT2D eigenvalue weighted by Gasteiger charge is 2.16. The van der Waals surface area contributed by atoms with Gasteiger partial charge in [0.05, 0.1) is 11.3 Å². The Balaban J connectivity index is 1.99. The first-order valence-corrected chi connectivity index (χ1v) is 7.10. The molecule has 0 aliphatic rings. The summed E-state index contributed by atoms with van der Waals surface area (Å²) < 4.78 is 34.6. The molecule has 8 heteroatoms. The Kier molecular flexibility index (Phi) is 4.03. The maximum Gasteiger partial charge on any atom is 0.180 e. The monoisotopic (exact) mass is 331 g/mol. The van der Waals surface area contributed by atoms with Crippen molar-refractivity contribution in [3.8, 4) is 5.75 Å². The van der Waals surface area contributed by atoms with Crippen LogP contribution in [0.15, 0.2) is 41.6 Å². The van der Waals surface area contributed by atoms with Gasteiger partial charge >= 0.3 is 0 Å². The first-order valence-electron chi connectivity index (χ1n) is 7.10. The number of benzene rings is 1. The lowest BCUT2D eigenvalue weighted by Gasteiger charge is -2.09. The Morgan fingerprint density at radius 3 is 2.62 bits per heavy atom. The van der Waals surface area contributed by atoms with Crippen LogP contribution in [0.1, 0.15) is 17.0 Å². The maximum atomic E-state index is 13.7. The van der Waals surface area contributed by atoms with Gasteiger partial charge in [-0.2, -0.15) is 5.10 Å². The normalized spacial score (nSPS) is 11.9. The van der Waals surface area contributed by atoms with Crippen LogP contribution < -0.4 is 16.3 Å². The molecular weight excluding hydrogens is 316 g/mol. The van der Waals surface area contributed by atoms with Crippen LogP contribution in [0.2, 0.25) is 0 Å². The number of aryl methyl sites for hydroxylation is 1. The van der Waals surface area contributed by atoms with E-state index in [4.69, 9.17) is 16.3 Å². The fraction of sp³-hybridized carbons (Fsp3) is 0.125. The van der Waals surface area contributed by atoms with Crippen LogP contribution in [0, 0.1) is 18.6 Å². The molecule has 4 N–H and O–H groups in total. The van der Waals surface area contributed by atoms with Crippen molar-refractivity contribution in [1.82, 2.24) is 9.38 Å². The molecule has 0 bridgehead atoms. The summed E-state index contributed by atoms with van der Waals surface area (Å²) in [6.07, 6.45) is 1.72. The minimum atomic E-state index is -0.665. The largest absolute Gasteiger partial charge is 0.485 e. The number of ether oxygens (including phenoxy) is 1. The number of hydrazone groups is 1. The highest BCUT2D eigenvalue weighted by Crippen LogP contribution is 2.24. The lowest BCUT2D eigenvalue weighted by Crippen LogP contribution is -2.18. The molecule has 3 rings (SSSR count). The second-order valence-electron chi connectivity index (χ2n) is 5.12. The number of fused-ring (bicyclic) bond motifs is 1. The molecular formula is C16H15F2N5O. The predicted molar refractivity (Wildman–Crippen MR) is 85.5 cm³/mol. The van der Waals surface area contributed by atoms with Gasteiger partial charge in [-0.25, -0.2) is 13.8 Å². The van der Waals surface area contributed by atoms with Crippen molar-refractivity contribution in [2.24, 2.45) is 16.7 Å². The van der Waals surface area contributed by atoms with Gasteiger partial charge in [-0.1, -0.05) is 6.07 Å². The van der Waals surface area contributed by atoms with Gasteiger partial charge in [0.25, 0.3) is 0 Å². The number of halogens is 2. The molecule has 0 unspecified atom stereocenters. The summed E-state index contributed by atoms with van der Waals surface area (Å²) in [7, 11) is 0. The fourth-order valence-corrected chi connectivity index (χ4v) is 2.46. The Morgan fingerprint density at radius 2 is 1.96 bits per heavy atom. The van der Waals surface area contributed by atoms with Gasteiger partial charge in [0.1, 0.15) is 23.9 Å². The summed E-state index contributed by atoms with van der Waals surface area (Å²) in [5, 5.41) is 3.48. The van der Waals surface area contributed by atoms with Crippen LogP contribution >= 0.6 is 0 Å². The van der Waals surface area contributed by atoms with E-state index in [2.05, 4.69) is 10.1 Å². The maximum absolute atomic E-state index is 13.7. The van der Waals surface area contributed by atoms with Gasteiger partial charge in [-0.15, -0.1) is 0 Å². The van der Waals surface area contributed by atoms with E-state index in [-0.39, 0.29) is 18.0 Å². The highest BCUT2D eigenvalue weighted by atomic mass is 19.1. The van der Waals surface area contributed by atoms with E-state index in [0.29, 0.717) is 22.8 Å². The Labute approximate surface area is 136 Å². The summed E-state index contributed by atoms with van der Waals surface area (Å²) in [4.78, 5) is 4.37. The minimum absolute atomic E-state index is 0.122. The Bertz CT molecular complexity index is 915. The summed E-state index contributed by atoms with van der Waals surface area (Å²) in [6.45, 7) is 1.49. The molecule has 0 spiro atoms. The SMILES string of the molecule is Cc1nc2c(OCc3c(F)cccc3F)cccn2c1/C(N)=N\N. The fourth-order valence-electron chi connectivity index (χ4n) is 2.46. The molecule has 0 fully saturated rings. The summed E-state index contributed by atoms with van der Waals surface area (Å²) >= 11 is 0. The van der Waals surface area contributed by atoms with E-state index in [1.807, 2.05) is 0 Å². The number of imidazole rings is 1. The number of hydrogen-bond donors (Lipinski definition) is 2. The molecule has 0 radical (unpaired) electrons. The number of nitrogens with zero attached hydrogens (tertiary/aromatic N) is 3. The number of amidine groups is 1. The molecule has 3 aromatic rings. The van der Waals surface area contributed by atoms with Crippen LogP contribution in [-0.2, 0) is 6.61 Å². The van der Waals surface area contributed by atoms with E-state index in [1.165, 1.54) is 18.2 Å². The molecule has 2 aromatic heterocycles. The summed E-state index contributed by atoms with van der Waals surface area (Å²) in [6, 6.07) is 7.01. The van der Waals surface area contributed by atoms with Crippen LogP contribution in [0.5, 0.6) is 5.75 Å². The first kappa shape index (κ1) is 15.7. The molecule has 124 valence electrons. The number of nitrogens with two attached hydrogens (primary N) is 2. The van der Waals surface area contributed by atoms with Crippen LogP contribution in [0.25, 0.3) is 5.65 Å². The smallest absolute Gasteiger partial charge is 0.180 e. The second-order valence-corrected chi connectivity index (χ2v) is 5.12. The molecule has 0 aliphatic heterocycles. The lowest BCUT2D eigenvalue weighted by molar-refractivity contribution is 0.294. The van der Waals surface area contributed by atoms with Crippen LogP contribution in [0.4, 0.5) is 8.78 Å². The quantitative estimate of drug-likeness (QED) is 0.331. The van der Waals surface area contributed by atoms with Crippen molar-refractivity contribution in [2.45, 2.75) is 13.5 Å². The number of aromatic nitrogens is 2. The number of rotatable bonds is 4. The Morgan fingerprint density at radius 1 is 1.25 bits per heavy atom. The molecule has 0 saturated heterocycles. The van der Waals surface area contributed by atoms with Gasteiger partial charge < -0.3 is 16.3 Å². The highest BCUT2D eigenvalue weighted by molar-refractivity contribution is 5.97. The lowest BCUT2D eigenvalue weighted by atomic mass is 10.2. The number of hydrogen-bond acceptors (Lipinski definition) is 4. The molecule has 0 amide bonds. The van der Waals surface area contributed by atoms with Gasteiger partial charge in [0.15, 0.2) is 17.2 Å². The van der Waals surface area contributed by atoms with Gasteiger partial charge in [-0.05, 0) is 31.2 Å². The zero-order chi connectivity index (χ0) is 17.3. The molecule has 24 heavy (non-hydrogen) atoms. The van der Waals surface area contributed by atoms with Crippen molar-refractivity contribution in [2.75, 3.05) is 0 Å². The zero-order valence-corrected chi connectivity index (χ0v) is 12.8. The molecule has 1 aromatic carbocycles. The average molecular weight is 331 g/mol. The van der Waals surface area contributed by atoms with Crippen molar-refractivity contribution in [1.29, 1.82) is 0 Å².